The third kappa shape index (κ3) is 4.52. The molecular formula is C24H37N4O5S+. The number of carboxylic acids is 1. The lowest BCUT2D eigenvalue weighted by atomic mass is 9.73. The van der Waals surface area contributed by atoms with E-state index in [1.165, 1.54) is 23.6 Å². The van der Waals surface area contributed by atoms with Crippen LogP contribution in [0, 0.1) is 17.8 Å². The van der Waals surface area contributed by atoms with Crippen LogP contribution < -0.4 is 5.32 Å². The van der Waals surface area contributed by atoms with Crippen LogP contribution in [0.4, 0.5) is 0 Å². The maximum Gasteiger partial charge on any atom is 0.353 e. The monoisotopic (exact) mass is 493 g/mol. The normalized spacial score (nSPS) is 33.6. The fraction of sp³-hybridized carbons (Fsp3) is 0.750. The number of aliphatic carboxylic acids is 1. The summed E-state index contributed by atoms with van der Waals surface area (Å²) in [5.41, 5.74) is 0.0876. The number of amides is 2. The molecule has 6 atom stereocenters. The van der Waals surface area contributed by atoms with E-state index >= 15 is 0 Å². The summed E-state index contributed by atoms with van der Waals surface area (Å²) < 4.78 is 0.923. The Morgan fingerprint density at radius 1 is 1.24 bits per heavy atom. The van der Waals surface area contributed by atoms with Gasteiger partial charge in [-0.2, -0.15) is 0 Å². The first-order valence-corrected chi connectivity index (χ1v) is 13.1. The molecule has 0 aromatic rings. The molecule has 2 N–H and O–H groups in total. The molecule has 0 radical (unpaired) electrons. The predicted octanol–water partition coefficient (Wildman–Crippen LogP) is 0.757. The third-order valence-corrected chi connectivity index (χ3v) is 9.47. The maximum absolute atomic E-state index is 13.1. The lowest BCUT2D eigenvalue weighted by Crippen LogP contribution is -2.62. The van der Waals surface area contributed by atoms with Crippen molar-refractivity contribution in [1.29, 1.82) is 0 Å². The van der Waals surface area contributed by atoms with Crippen molar-refractivity contribution < 1.29 is 28.8 Å². The fourth-order valence-electron chi connectivity index (χ4n) is 5.96. The Labute approximate surface area is 205 Å². The zero-order valence-electron chi connectivity index (χ0n) is 20.7. The molecule has 2 amide bonds. The predicted molar refractivity (Wildman–Crippen MR) is 129 cm³/mol. The van der Waals surface area contributed by atoms with E-state index in [0.717, 1.165) is 35.6 Å². The summed E-state index contributed by atoms with van der Waals surface area (Å²) in [6.45, 7) is 9.42. The van der Waals surface area contributed by atoms with Crippen molar-refractivity contribution in [2.24, 2.45) is 17.8 Å². The number of hydrogen-bond acceptors (Lipinski definition) is 6. The van der Waals surface area contributed by atoms with Crippen molar-refractivity contribution in [2.75, 3.05) is 46.8 Å². The van der Waals surface area contributed by atoms with Crippen LogP contribution in [-0.2, 0) is 19.2 Å². The number of nitrogens with one attached hydrogen (secondary N) is 1. The van der Waals surface area contributed by atoms with E-state index in [4.69, 9.17) is 0 Å². The number of carbonyl (C=O) groups excluding carboxylic acids is 3. The average molecular weight is 494 g/mol. The van der Waals surface area contributed by atoms with E-state index in [0.29, 0.717) is 19.4 Å². The molecule has 0 aromatic carbocycles. The Kier molecular flexibility index (Phi) is 6.87. The van der Waals surface area contributed by atoms with Gasteiger partial charge in [-0.25, -0.2) is 4.79 Å². The molecule has 9 nitrogen and oxygen atoms in total. The molecule has 188 valence electrons. The van der Waals surface area contributed by atoms with Crippen molar-refractivity contribution in [3.63, 3.8) is 0 Å². The molecule has 0 aromatic heterocycles. The second kappa shape index (κ2) is 9.28. The quantitative estimate of drug-likeness (QED) is 0.398. The number of hydrogen-bond donors (Lipinski definition) is 2. The molecule has 34 heavy (non-hydrogen) atoms. The number of rotatable bonds is 7. The minimum absolute atomic E-state index is 0.0365. The number of likely N-dealkylation sites (N-methyl/N-ethyl adjacent to an activating group) is 1. The standard InChI is InChI=1S/C24H36N4O5S/c1-13(10-14(2)29)18-19-15(3)21(20(24(32)33)27(19)23(18)31)34-16-11-17(25-12-16)22(30)26-6-8-28(4,5)9-7-26/h13,15-19,25H,6-12H2,1-5H3/p+1/t13-,15+,16-,17-,18+,19+/m0/s1. The van der Waals surface area contributed by atoms with Crippen molar-refractivity contribution >= 4 is 35.3 Å². The molecule has 4 aliphatic rings. The van der Waals surface area contributed by atoms with Gasteiger partial charge >= 0.3 is 5.97 Å². The molecule has 10 heteroatoms. The van der Waals surface area contributed by atoms with Gasteiger partial charge in [-0.3, -0.25) is 9.59 Å². The van der Waals surface area contributed by atoms with E-state index in [2.05, 4.69) is 19.4 Å². The Morgan fingerprint density at radius 3 is 2.47 bits per heavy atom. The number of quaternary nitrogens is 1. The SMILES string of the molecule is CC(=O)C[C@H](C)[C@H]1C(=O)N2C(C(=O)O)=C(S[C@@H]3CN[C@H](C(=O)N4CC[N+](C)(C)CC4)C3)[C@H](C)[C@H]12. The zero-order chi connectivity index (χ0) is 24.9. The number of carbonyl (C=O) groups is 4. The summed E-state index contributed by atoms with van der Waals surface area (Å²) in [5, 5.41) is 13.4. The van der Waals surface area contributed by atoms with Gasteiger partial charge in [-0.15, -0.1) is 11.8 Å². The number of thioether (sulfide) groups is 1. The second-order valence-electron chi connectivity index (χ2n) is 11.1. The van der Waals surface area contributed by atoms with Gasteiger partial charge in [0.1, 0.15) is 11.5 Å². The van der Waals surface area contributed by atoms with Crippen LogP contribution >= 0.6 is 11.8 Å². The first kappa shape index (κ1) is 25.2. The summed E-state index contributed by atoms with van der Waals surface area (Å²) in [6, 6.07) is -0.462. The number of nitrogens with zero attached hydrogens (tertiary/aromatic N) is 3. The van der Waals surface area contributed by atoms with Gasteiger partial charge < -0.3 is 29.5 Å². The van der Waals surface area contributed by atoms with Gasteiger partial charge in [0.05, 0.1) is 58.3 Å². The summed E-state index contributed by atoms with van der Waals surface area (Å²) in [6.07, 6.45) is 0.964. The summed E-state index contributed by atoms with van der Waals surface area (Å²) in [5.74, 6) is -1.66. The van der Waals surface area contributed by atoms with Gasteiger partial charge in [-0.05, 0) is 19.3 Å². The van der Waals surface area contributed by atoms with Crippen molar-refractivity contribution in [3.8, 4) is 0 Å². The number of β-lactam (4-membered cyclic amide) rings is 1. The molecular weight excluding hydrogens is 456 g/mol. The zero-order valence-corrected chi connectivity index (χ0v) is 21.6. The highest BCUT2D eigenvalue weighted by atomic mass is 32.2. The Hall–Kier alpha value is -1.91. The van der Waals surface area contributed by atoms with Crippen LogP contribution in [0.25, 0.3) is 0 Å². The van der Waals surface area contributed by atoms with Crippen LogP contribution in [0.3, 0.4) is 0 Å². The van der Waals surface area contributed by atoms with Crippen LogP contribution in [0.1, 0.15) is 33.6 Å². The summed E-state index contributed by atoms with van der Waals surface area (Å²) in [7, 11) is 4.36. The topological polar surface area (TPSA) is 107 Å². The van der Waals surface area contributed by atoms with E-state index < -0.39 is 5.97 Å². The number of ketones is 1. The second-order valence-corrected chi connectivity index (χ2v) is 12.4. The molecule has 4 aliphatic heterocycles. The number of piperazine rings is 1. The smallest absolute Gasteiger partial charge is 0.353 e. The molecule has 0 unspecified atom stereocenters. The van der Waals surface area contributed by atoms with Crippen molar-refractivity contribution in [3.05, 3.63) is 10.6 Å². The van der Waals surface area contributed by atoms with Crippen LogP contribution in [-0.4, -0.2) is 107 Å². The van der Waals surface area contributed by atoms with Gasteiger partial charge in [0.2, 0.25) is 11.8 Å². The molecule has 0 spiro atoms. The Bertz CT molecular complexity index is 924. The third-order valence-electron chi connectivity index (χ3n) is 7.96. The number of carboxylic acid groups (broad SMARTS) is 1. The van der Waals surface area contributed by atoms with Gasteiger partial charge in [-0.1, -0.05) is 13.8 Å². The molecule has 3 saturated heterocycles. The van der Waals surface area contributed by atoms with Crippen LogP contribution in [0.5, 0.6) is 0 Å². The first-order valence-electron chi connectivity index (χ1n) is 12.2. The average Bonchev–Trinajstić information content (AvgIpc) is 3.29. The molecule has 4 rings (SSSR count). The number of Topliss-reactive ketones (excluding diaryl/α,β-unsaturated/α-hetero) is 1. The lowest BCUT2D eigenvalue weighted by molar-refractivity contribution is -0.894. The Morgan fingerprint density at radius 2 is 1.88 bits per heavy atom. The summed E-state index contributed by atoms with van der Waals surface area (Å²) >= 11 is 1.51. The number of fused-ring (bicyclic) bond motifs is 1. The van der Waals surface area contributed by atoms with Crippen molar-refractivity contribution in [1.82, 2.24) is 15.1 Å². The van der Waals surface area contributed by atoms with Crippen LogP contribution in [0.2, 0.25) is 0 Å². The maximum atomic E-state index is 13.1. The van der Waals surface area contributed by atoms with Crippen LogP contribution in [0.15, 0.2) is 10.6 Å². The molecule has 0 aliphatic carbocycles. The first-order chi connectivity index (χ1) is 15.9. The minimum Gasteiger partial charge on any atom is -0.477 e. The Balaban J connectivity index is 1.42. The fourth-order valence-corrected chi connectivity index (χ4v) is 7.43. The highest BCUT2D eigenvalue weighted by Gasteiger charge is 2.60. The molecule has 0 bridgehead atoms. The van der Waals surface area contributed by atoms with Crippen molar-refractivity contribution in [2.45, 2.75) is 50.9 Å². The lowest BCUT2D eigenvalue weighted by Gasteiger charge is -2.47. The largest absolute Gasteiger partial charge is 0.477 e. The van der Waals surface area contributed by atoms with E-state index in [9.17, 15) is 24.3 Å². The highest BCUT2D eigenvalue weighted by Crippen LogP contribution is 2.53. The van der Waals surface area contributed by atoms with Gasteiger partial charge in [0, 0.05) is 29.0 Å². The molecule has 0 saturated carbocycles. The highest BCUT2D eigenvalue weighted by molar-refractivity contribution is 8.03. The molecule has 4 heterocycles. The van der Waals surface area contributed by atoms with E-state index in [-0.39, 0.29) is 58.4 Å². The van der Waals surface area contributed by atoms with E-state index in [1.54, 1.807) is 0 Å². The van der Waals surface area contributed by atoms with E-state index in [1.807, 2.05) is 18.7 Å². The van der Waals surface area contributed by atoms with Gasteiger partial charge in [0.15, 0.2) is 0 Å². The molecule has 3 fully saturated rings. The minimum atomic E-state index is -1.09. The summed E-state index contributed by atoms with van der Waals surface area (Å²) in [4.78, 5) is 53.8. The van der Waals surface area contributed by atoms with Gasteiger partial charge in [0.25, 0.3) is 0 Å².